The first kappa shape index (κ1) is 21.5. The molecule has 1 heterocycles. The number of rotatable bonds is 9. The third-order valence-corrected chi connectivity index (χ3v) is 4.49. The number of carbonyl (C=O) groups is 4. The smallest absolute Gasteiger partial charge is 0.326 e. The molecule has 1 aromatic rings. The molecule has 152 valence electrons. The summed E-state index contributed by atoms with van der Waals surface area (Å²) >= 11 is 0. The van der Waals surface area contributed by atoms with Crippen LogP contribution in [0.2, 0.25) is 0 Å². The number of Topliss-reactive ketones (excluding diaryl/α,β-unsaturated/α-hetero) is 1. The van der Waals surface area contributed by atoms with Crippen molar-refractivity contribution >= 4 is 23.7 Å². The van der Waals surface area contributed by atoms with E-state index in [1.54, 1.807) is 0 Å². The molecular weight excluding hydrogens is 374 g/mol. The zero-order chi connectivity index (χ0) is 20.9. The van der Waals surface area contributed by atoms with E-state index < -0.39 is 54.0 Å². The Balaban J connectivity index is 1.96. The van der Waals surface area contributed by atoms with Crippen molar-refractivity contribution in [3.05, 3.63) is 35.4 Å². The number of imide groups is 1. The third-order valence-electron chi connectivity index (χ3n) is 4.49. The fraction of sp³-hybridized carbons (Fsp3) is 0.474. The summed E-state index contributed by atoms with van der Waals surface area (Å²) in [6.07, 6.45) is 2.25. The average Bonchev–Trinajstić information content (AvgIpc) is 2.87. The molecule has 0 saturated carbocycles. The van der Waals surface area contributed by atoms with Crippen LogP contribution in [0.1, 0.15) is 49.9 Å². The fourth-order valence-corrected chi connectivity index (χ4v) is 3.21. The third kappa shape index (κ3) is 4.52. The van der Waals surface area contributed by atoms with E-state index in [-0.39, 0.29) is 5.56 Å². The summed E-state index contributed by atoms with van der Waals surface area (Å²) in [7, 11) is 0. The number of ether oxygens (including phenoxy) is 1. The van der Waals surface area contributed by atoms with E-state index in [1.807, 2.05) is 13.8 Å². The van der Waals surface area contributed by atoms with Crippen molar-refractivity contribution in [2.24, 2.45) is 0 Å². The van der Waals surface area contributed by atoms with Crippen LogP contribution < -0.4 is 5.32 Å². The van der Waals surface area contributed by atoms with Gasteiger partial charge in [0.25, 0.3) is 5.91 Å². The first-order valence-electron chi connectivity index (χ1n) is 9.02. The lowest BCUT2D eigenvalue weighted by molar-refractivity contribution is -0.147. The van der Waals surface area contributed by atoms with Crippen molar-refractivity contribution in [2.75, 3.05) is 13.2 Å². The summed E-state index contributed by atoms with van der Waals surface area (Å²) in [6, 6.07) is 1.87. The molecule has 28 heavy (non-hydrogen) atoms. The Morgan fingerprint density at radius 2 is 1.75 bits per heavy atom. The minimum Gasteiger partial charge on any atom is -0.456 e. The van der Waals surface area contributed by atoms with Gasteiger partial charge in [0.1, 0.15) is 12.1 Å². The van der Waals surface area contributed by atoms with Crippen molar-refractivity contribution < 1.29 is 32.7 Å². The van der Waals surface area contributed by atoms with Crippen LogP contribution in [-0.2, 0) is 14.3 Å². The molecule has 7 nitrogen and oxygen atoms in total. The van der Waals surface area contributed by atoms with E-state index in [0.29, 0.717) is 31.7 Å². The second-order valence-corrected chi connectivity index (χ2v) is 6.62. The molecule has 0 radical (unpaired) electrons. The zero-order valence-electron chi connectivity index (χ0n) is 15.7. The number of halogens is 2. The molecule has 1 aliphatic heterocycles. The molecule has 9 heteroatoms. The first-order chi connectivity index (χ1) is 13.2. The molecule has 0 aliphatic carbocycles. The Kier molecular flexibility index (Phi) is 6.82. The maximum Gasteiger partial charge on any atom is 0.326 e. The fourth-order valence-electron chi connectivity index (χ4n) is 3.21. The van der Waals surface area contributed by atoms with Gasteiger partial charge in [-0.25, -0.2) is 13.6 Å². The van der Waals surface area contributed by atoms with Crippen LogP contribution in [0.5, 0.6) is 0 Å². The summed E-state index contributed by atoms with van der Waals surface area (Å²) in [5.74, 6) is -4.49. The van der Waals surface area contributed by atoms with Gasteiger partial charge in [-0.15, -0.1) is 0 Å². The second-order valence-electron chi connectivity index (χ2n) is 6.62. The minimum absolute atomic E-state index is 0.161. The molecule has 2 rings (SSSR count). The number of benzene rings is 1. The second kappa shape index (κ2) is 8.90. The van der Waals surface area contributed by atoms with Gasteiger partial charge in [0, 0.05) is 5.56 Å². The largest absolute Gasteiger partial charge is 0.456 e. The predicted molar refractivity (Wildman–Crippen MR) is 94.4 cm³/mol. The maximum absolute atomic E-state index is 13.2. The summed E-state index contributed by atoms with van der Waals surface area (Å²) < 4.78 is 30.9. The zero-order valence-corrected chi connectivity index (χ0v) is 15.7. The molecule has 1 aromatic carbocycles. The highest BCUT2D eigenvalue weighted by Gasteiger charge is 2.50. The number of carbonyl (C=O) groups excluding carboxylic acids is 4. The minimum atomic E-state index is -1.19. The maximum atomic E-state index is 13.2. The number of nitrogens with zero attached hydrogens (tertiary/aromatic N) is 1. The monoisotopic (exact) mass is 396 g/mol. The molecule has 0 spiro atoms. The van der Waals surface area contributed by atoms with E-state index in [4.69, 9.17) is 4.74 Å². The number of urea groups is 1. The highest BCUT2D eigenvalue weighted by molar-refractivity contribution is 6.08. The van der Waals surface area contributed by atoms with Gasteiger partial charge in [0.05, 0.1) is 0 Å². The van der Waals surface area contributed by atoms with Gasteiger partial charge in [-0.2, -0.15) is 0 Å². The van der Waals surface area contributed by atoms with E-state index in [0.717, 1.165) is 17.0 Å². The van der Waals surface area contributed by atoms with Crippen LogP contribution in [0.3, 0.4) is 0 Å². The average molecular weight is 396 g/mol. The Labute approximate surface area is 161 Å². The lowest BCUT2D eigenvalue weighted by Crippen LogP contribution is -2.47. The molecule has 3 amide bonds. The van der Waals surface area contributed by atoms with Gasteiger partial charge in [-0.3, -0.25) is 19.3 Å². The number of ketones is 1. The SMILES string of the molecule is CCCC1(CCC)NC(=O)N(CC(=O)OCC(=O)c2ccc(F)c(F)c2)C1=O. The normalized spacial score (nSPS) is 15.5. The van der Waals surface area contributed by atoms with Gasteiger partial charge in [0.2, 0.25) is 0 Å². The van der Waals surface area contributed by atoms with E-state index in [9.17, 15) is 28.0 Å². The number of hydrogen-bond donors (Lipinski definition) is 1. The lowest BCUT2D eigenvalue weighted by atomic mass is 9.88. The van der Waals surface area contributed by atoms with E-state index in [2.05, 4.69) is 5.32 Å². The first-order valence-corrected chi connectivity index (χ1v) is 9.02. The van der Waals surface area contributed by atoms with Crippen molar-refractivity contribution in [3.8, 4) is 0 Å². The standard InChI is InChI=1S/C19H22F2N2O5/c1-3-7-19(8-4-2)17(26)23(18(27)22-19)10-16(25)28-11-15(24)12-5-6-13(20)14(21)9-12/h5-6,9H,3-4,7-8,10-11H2,1-2H3,(H,22,27). The van der Waals surface area contributed by atoms with Gasteiger partial charge < -0.3 is 10.1 Å². The summed E-state index contributed by atoms with van der Waals surface area (Å²) in [6.45, 7) is 2.42. The number of hydrogen-bond acceptors (Lipinski definition) is 5. The Morgan fingerprint density at radius 3 is 2.32 bits per heavy atom. The Morgan fingerprint density at radius 1 is 1.11 bits per heavy atom. The molecule has 1 saturated heterocycles. The number of esters is 1. The van der Waals surface area contributed by atoms with Crippen molar-refractivity contribution in [3.63, 3.8) is 0 Å². The summed E-state index contributed by atoms with van der Waals surface area (Å²) in [5, 5.41) is 2.66. The molecule has 0 bridgehead atoms. The Bertz CT molecular complexity index is 791. The quantitative estimate of drug-likeness (QED) is 0.393. The molecule has 1 N–H and O–H groups in total. The van der Waals surface area contributed by atoms with Crippen LogP contribution in [0.25, 0.3) is 0 Å². The van der Waals surface area contributed by atoms with E-state index >= 15 is 0 Å². The van der Waals surface area contributed by atoms with Crippen LogP contribution in [0.15, 0.2) is 18.2 Å². The molecule has 0 aromatic heterocycles. The molecule has 1 aliphatic rings. The van der Waals surface area contributed by atoms with Crippen LogP contribution in [-0.4, -0.2) is 47.3 Å². The summed E-state index contributed by atoms with van der Waals surface area (Å²) in [5.41, 5.74) is -1.19. The van der Waals surface area contributed by atoms with Gasteiger partial charge in [-0.05, 0) is 31.0 Å². The molecular formula is C19H22F2N2O5. The topological polar surface area (TPSA) is 92.8 Å². The number of amides is 3. The molecule has 1 fully saturated rings. The van der Waals surface area contributed by atoms with Gasteiger partial charge >= 0.3 is 12.0 Å². The van der Waals surface area contributed by atoms with E-state index in [1.165, 1.54) is 0 Å². The highest BCUT2D eigenvalue weighted by Crippen LogP contribution is 2.27. The van der Waals surface area contributed by atoms with Crippen LogP contribution >= 0.6 is 0 Å². The van der Waals surface area contributed by atoms with Crippen molar-refractivity contribution in [2.45, 2.75) is 45.1 Å². The van der Waals surface area contributed by atoms with Crippen LogP contribution in [0, 0.1) is 11.6 Å². The Hall–Kier alpha value is -2.84. The van der Waals surface area contributed by atoms with Gasteiger partial charge in [0.15, 0.2) is 24.0 Å². The van der Waals surface area contributed by atoms with Gasteiger partial charge in [-0.1, -0.05) is 26.7 Å². The molecule has 0 atom stereocenters. The van der Waals surface area contributed by atoms with Crippen molar-refractivity contribution in [1.29, 1.82) is 0 Å². The van der Waals surface area contributed by atoms with Crippen molar-refractivity contribution in [1.82, 2.24) is 10.2 Å². The summed E-state index contributed by atoms with van der Waals surface area (Å²) in [4.78, 5) is 49.5. The predicted octanol–water partition coefficient (Wildman–Crippen LogP) is 2.58. The number of nitrogens with one attached hydrogen (secondary N) is 1. The molecule has 0 unspecified atom stereocenters. The van der Waals surface area contributed by atoms with Crippen LogP contribution in [0.4, 0.5) is 13.6 Å². The lowest BCUT2D eigenvalue weighted by Gasteiger charge is -2.25. The highest BCUT2D eigenvalue weighted by atomic mass is 19.2.